The molecule has 0 fully saturated rings. The van der Waals surface area contributed by atoms with Crippen molar-refractivity contribution >= 4 is 33.0 Å². The SMILES string of the molecule is CCNC(=O)c1cccc(NS(=O)(=O)c2cccs2)c1. The van der Waals surface area contributed by atoms with Crippen LogP contribution in [0.25, 0.3) is 0 Å². The molecule has 0 spiro atoms. The summed E-state index contributed by atoms with van der Waals surface area (Å²) in [6.07, 6.45) is 0. The molecule has 1 aromatic carbocycles. The highest BCUT2D eigenvalue weighted by atomic mass is 32.2. The minimum absolute atomic E-state index is 0.232. The lowest BCUT2D eigenvalue weighted by Gasteiger charge is -2.08. The number of carbonyl (C=O) groups excluding carboxylic acids is 1. The monoisotopic (exact) mass is 310 g/mol. The van der Waals surface area contributed by atoms with Gasteiger partial charge in [0.2, 0.25) is 0 Å². The second kappa shape index (κ2) is 6.06. The molecular weight excluding hydrogens is 296 g/mol. The van der Waals surface area contributed by atoms with Gasteiger partial charge in [0.15, 0.2) is 0 Å². The van der Waals surface area contributed by atoms with E-state index in [0.29, 0.717) is 17.8 Å². The number of sulfonamides is 1. The van der Waals surface area contributed by atoms with E-state index in [0.717, 1.165) is 11.3 Å². The third kappa shape index (κ3) is 3.37. The summed E-state index contributed by atoms with van der Waals surface area (Å²) in [4.78, 5) is 11.7. The molecule has 7 heteroatoms. The number of rotatable bonds is 5. The summed E-state index contributed by atoms with van der Waals surface area (Å²) in [5, 5.41) is 4.36. The normalized spacial score (nSPS) is 11.1. The zero-order valence-corrected chi connectivity index (χ0v) is 12.4. The Labute approximate surface area is 121 Å². The van der Waals surface area contributed by atoms with E-state index in [4.69, 9.17) is 0 Å². The molecule has 5 nitrogen and oxygen atoms in total. The van der Waals surface area contributed by atoms with E-state index < -0.39 is 10.0 Å². The number of hydrogen-bond acceptors (Lipinski definition) is 4. The Hall–Kier alpha value is -1.86. The third-order valence-corrected chi connectivity index (χ3v) is 5.25. The molecule has 0 aliphatic heterocycles. The molecule has 0 aliphatic rings. The van der Waals surface area contributed by atoms with Crippen molar-refractivity contribution in [1.29, 1.82) is 0 Å². The molecule has 0 atom stereocenters. The number of carbonyl (C=O) groups is 1. The first-order chi connectivity index (χ1) is 9.53. The van der Waals surface area contributed by atoms with Crippen molar-refractivity contribution in [3.05, 3.63) is 47.3 Å². The van der Waals surface area contributed by atoms with Crippen LogP contribution in [0.1, 0.15) is 17.3 Å². The average Bonchev–Trinajstić information content (AvgIpc) is 2.93. The Morgan fingerprint density at radius 2 is 2.05 bits per heavy atom. The van der Waals surface area contributed by atoms with Gasteiger partial charge in [-0.25, -0.2) is 8.42 Å². The highest BCUT2D eigenvalue weighted by molar-refractivity contribution is 7.94. The molecule has 0 unspecified atom stereocenters. The number of thiophene rings is 1. The Bertz CT molecular complexity index is 694. The van der Waals surface area contributed by atoms with Gasteiger partial charge in [-0.2, -0.15) is 0 Å². The summed E-state index contributed by atoms with van der Waals surface area (Å²) >= 11 is 1.14. The van der Waals surface area contributed by atoms with E-state index in [1.165, 1.54) is 12.1 Å². The number of benzene rings is 1. The molecule has 0 aliphatic carbocycles. The van der Waals surface area contributed by atoms with Crippen molar-refractivity contribution < 1.29 is 13.2 Å². The summed E-state index contributed by atoms with van der Waals surface area (Å²) in [5.41, 5.74) is 0.778. The predicted octanol–water partition coefficient (Wildman–Crippen LogP) is 2.30. The van der Waals surface area contributed by atoms with Crippen LogP contribution in [0.15, 0.2) is 46.0 Å². The van der Waals surface area contributed by atoms with E-state index in [1.54, 1.807) is 29.6 Å². The molecular formula is C13H14N2O3S2. The van der Waals surface area contributed by atoms with E-state index >= 15 is 0 Å². The minimum atomic E-state index is -3.59. The number of anilines is 1. The van der Waals surface area contributed by atoms with Gasteiger partial charge in [-0.3, -0.25) is 9.52 Å². The van der Waals surface area contributed by atoms with Crippen molar-refractivity contribution in [1.82, 2.24) is 5.32 Å². The molecule has 2 N–H and O–H groups in total. The third-order valence-electron chi connectivity index (χ3n) is 2.47. The van der Waals surface area contributed by atoms with Crippen molar-refractivity contribution in [3.63, 3.8) is 0 Å². The van der Waals surface area contributed by atoms with Gasteiger partial charge in [-0.05, 0) is 36.6 Å². The molecule has 0 bridgehead atoms. The van der Waals surface area contributed by atoms with Crippen molar-refractivity contribution in [2.45, 2.75) is 11.1 Å². The molecule has 106 valence electrons. The van der Waals surface area contributed by atoms with Crippen LogP contribution in [-0.2, 0) is 10.0 Å². The molecule has 2 aromatic rings. The Balaban J connectivity index is 2.22. The Morgan fingerprint density at radius 1 is 1.25 bits per heavy atom. The second-order valence-corrected chi connectivity index (χ2v) is 6.83. The highest BCUT2D eigenvalue weighted by Gasteiger charge is 2.15. The smallest absolute Gasteiger partial charge is 0.271 e. The zero-order chi connectivity index (χ0) is 14.6. The summed E-state index contributed by atoms with van der Waals surface area (Å²) < 4.78 is 26.8. The molecule has 0 radical (unpaired) electrons. The molecule has 20 heavy (non-hydrogen) atoms. The largest absolute Gasteiger partial charge is 0.352 e. The second-order valence-electron chi connectivity index (χ2n) is 3.98. The standard InChI is InChI=1S/C13H14N2O3S2/c1-2-14-13(16)10-5-3-6-11(9-10)15-20(17,18)12-7-4-8-19-12/h3-9,15H,2H2,1H3,(H,14,16). The molecule has 0 saturated carbocycles. The maximum absolute atomic E-state index is 12.1. The summed E-state index contributed by atoms with van der Waals surface area (Å²) in [7, 11) is -3.59. The van der Waals surface area contributed by atoms with Crippen molar-refractivity contribution in [3.8, 4) is 0 Å². The van der Waals surface area contributed by atoms with Crippen LogP contribution in [0.4, 0.5) is 5.69 Å². The zero-order valence-electron chi connectivity index (χ0n) is 10.8. The van der Waals surface area contributed by atoms with E-state index in [2.05, 4.69) is 10.0 Å². The average molecular weight is 310 g/mol. The lowest BCUT2D eigenvalue weighted by atomic mass is 10.2. The number of nitrogens with one attached hydrogen (secondary N) is 2. The van der Waals surface area contributed by atoms with Crippen LogP contribution < -0.4 is 10.0 Å². The summed E-state index contributed by atoms with van der Waals surface area (Å²) in [6, 6.07) is 9.58. The first-order valence-corrected chi connectivity index (χ1v) is 8.34. The quantitative estimate of drug-likeness (QED) is 0.890. The van der Waals surface area contributed by atoms with E-state index in [-0.39, 0.29) is 10.1 Å². The Morgan fingerprint density at radius 3 is 2.70 bits per heavy atom. The van der Waals surface area contributed by atoms with Crippen LogP contribution in [0, 0.1) is 0 Å². The van der Waals surface area contributed by atoms with E-state index in [9.17, 15) is 13.2 Å². The van der Waals surface area contributed by atoms with Crippen LogP contribution in [0.5, 0.6) is 0 Å². The van der Waals surface area contributed by atoms with Gasteiger partial charge >= 0.3 is 0 Å². The molecule has 0 saturated heterocycles. The lowest BCUT2D eigenvalue weighted by molar-refractivity contribution is 0.0956. The predicted molar refractivity (Wildman–Crippen MR) is 79.6 cm³/mol. The lowest BCUT2D eigenvalue weighted by Crippen LogP contribution is -2.22. The topological polar surface area (TPSA) is 75.3 Å². The molecule has 1 heterocycles. The van der Waals surface area contributed by atoms with Gasteiger partial charge in [0.1, 0.15) is 4.21 Å². The van der Waals surface area contributed by atoms with Crippen LogP contribution in [-0.4, -0.2) is 20.9 Å². The van der Waals surface area contributed by atoms with Crippen molar-refractivity contribution in [2.24, 2.45) is 0 Å². The van der Waals surface area contributed by atoms with Crippen LogP contribution in [0.3, 0.4) is 0 Å². The first kappa shape index (κ1) is 14.5. The fourth-order valence-corrected chi connectivity index (χ4v) is 3.65. The first-order valence-electron chi connectivity index (χ1n) is 5.97. The fraction of sp³-hybridized carbons (Fsp3) is 0.154. The highest BCUT2D eigenvalue weighted by Crippen LogP contribution is 2.20. The molecule has 1 aromatic heterocycles. The summed E-state index contributed by atoms with van der Waals surface area (Å²) in [5.74, 6) is -0.232. The fourth-order valence-electron chi connectivity index (χ4n) is 1.61. The van der Waals surface area contributed by atoms with Gasteiger partial charge < -0.3 is 5.32 Å². The van der Waals surface area contributed by atoms with Gasteiger partial charge in [0.25, 0.3) is 15.9 Å². The molecule has 1 amide bonds. The van der Waals surface area contributed by atoms with E-state index in [1.807, 2.05) is 6.92 Å². The minimum Gasteiger partial charge on any atom is -0.352 e. The van der Waals surface area contributed by atoms with Gasteiger partial charge in [0, 0.05) is 17.8 Å². The number of hydrogen-bond donors (Lipinski definition) is 2. The van der Waals surface area contributed by atoms with Crippen LogP contribution in [0.2, 0.25) is 0 Å². The summed E-state index contributed by atoms with van der Waals surface area (Å²) in [6.45, 7) is 2.34. The number of amides is 1. The Kier molecular flexibility index (Phi) is 4.41. The van der Waals surface area contributed by atoms with Gasteiger partial charge in [0.05, 0.1) is 0 Å². The van der Waals surface area contributed by atoms with Crippen molar-refractivity contribution in [2.75, 3.05) is 11.3 Å². The van der Waals surface area contributed by atoms with Gasteiger partial charge in [-0.15, -0.1) is 11.3 Å². The van der Waals surface area contributed by atoms with Gasteiger partial charge in [-0.1, -0.05) is 12.1 Å². The molecule has 2 rings (SSSR count). The maximum atomic E-state index is 12.1. The van der Waals surface area contributed by atoms with Crippen LogP contribution >= 0.6 is 11.3 Å². The maximum Gasteiger partial charge on any atom is 0.271 e.